The van der Waals surface area contributed by atoms with Gasteiger partial charge in [-0.2, -0.15) is 0 Å². The van der Waals surface area contributed by atoms with E-state index in [9.17, 15) is 0 Å². The Morgan fingerprint density at radius 3 is 3.15 bits per heavy atom. The largest absolute Gasteiger partial charge is 0.379 e. The molecular formula is C8H11ClN2OS. The minimum Gasteiger partial charge on any atom is -0.379 e. The van der Waals surface area contributed by atoms with Crippen molar-refractivity contribution >= 4 is 28.1 Å². The van der Waals surface area contributed by atoms with Gasteiger partial charge in [-0.05, 0) is 6.42 Å². The number of hydrogen-bond donors (Lipinski definition) is 0. The van der Waals surface area contributed by atoms with Crippen LogP contribution in [0.1, 0.15) is 6.42 Å². The van der Waals surface area contributed by atoms with Gasteiger partial charge in [-0.25, -0.2) is 4.98 Å². The Kier molecular flexibility index (Phi) is 2.71. The van der Waals surface area contributed by atoms with E-state index in [4.69, 9.17) is 16.3 Å². The lowest BCUT2D eigenvalue weighted by atomic mass is 10.2. The lowest BCUT2D eigenvalue weighted by molar-refractivity contribution is 0.193. The Bertz CT molecular complexity index is 285. The quantitative estimate of drug-likeness (QED) is 0.760. The summed E-state index contributed by atoms with van der Waals surface area (Å²) in [5, 5.41) is 3.40. The van der Waals surface area contributed by atoms with Gasteiger partial charge in [0, 0.05) is 19.0 Å². The minimum absolute atomic E-state index is 0.460. The van der Waals surface area contributed by atoms with Crippen molar-refractivity contribution < 1.29 is 4.74 Å². The predicted molar refractivity (Wildman–Crippen MR) is 54.8 cm³/mol. The lowest BCUT2D eigenvalue weighted by Crippen LogP contribution is -2.31. The summed E-state index contributed by atoms with van der Waals surface area (Å²) in [7, 11) is 2.04. The van der Waals surface area contributed by atoms with Crippen LogP contribution < -0.4 is 4.90 Å². The molecule has 3 nitrogen and oxygen atoms in total. The second kappa shape index (κ2) is 3.82. The highest BCUT2D eigenvalue weighted by Crippen LogP contribution is 2.25. The maximum Gasteiger partial charge on any atom is 0.186 e. The summed E-state index contributed by atoms with van der Waals surface area (Å²) in [6.07, 6.45) is 1.08. The van der Waals surface area contributed by atoms with Crippen molar-refractivity contribution in [1.82, 2.24) is 4.98 Å². The van der Waals surface area contributed by atoms with Crippen molar-refractivity contribution in [3.8, 4) is 0 Å². The number of rotatable bonds is 2. The predicted octanol–water partition coefficient (Wildman–Crippen LogP) is 2.02. The number of halogens is 1. The fourth-order valence-electron chi connectivity index (χ4n) is 1.39. The Labute approximate surface area is 86.3 Å². The third kappa shape index (κ3) is 1.95. The van der Waals surface area contributed by atoms with Gasteiger partial charge in [-0.3, -0.25) is 0 Å². The van der Waals surface area contributed by atoms with Crippen molar-refractivity contribution in [2.24, 2.45) is 0 Å². The topological polar surface area (TPSA) is 25.4 Å². The van der Waals surface area contributed by atoms with Crippen LogP contribution in [0.25, 0.3) is 0 Å². The molecule has 0 saturated carbocycles. The molecule has 1 aliphatic heterocycles. The average molecular weight is 219 g/mol. The highest BCUT2D eigenvalue weighted by atomic mass is 35.5. The fourth-order valence-corrected chi connectivity index (χ4v) is 2.38. The van der Waals surface area contributed by atoms with Gasteiger partial charge >= 0.3 is 0 Å². The number of nitrogens with zero attached hydrogens (tertiary/aromatic N) is 2. The molecule has 1 fully saturated rings. The average Bonchev–Trinajstić information content (AvgIpc) is 2.72. The number of thiazole rings is 1. The van der Waals surface area contributed by atoms with E-state index in [2.05, 4.69) is 9.88 Å². The third-order valence-corrected chi connectivity index (χ3v) is 3.47. The van der Waals surface area contributed by atoms with Crippen LogP contribution in [0.3, 0.4) is 0 Å². The molecule has 0 radical (unpaired) electrons. The maximum absolute atomic E-state index is 5.75. The molecule has 0 aromatic carbocycles. The molecule has 1 saturated heterocycles. The standard InChI is InChI=1S/C8H11ClN2OS/c1-11(6-2-3-12-4-6)8-10-7(9)5-13-8/h5-6H,2-4H2,1H3. The van der Waals surface area contributed by atoms with Crippen LogP contribution in [0, 0.1) is 0 Å². The normalized spacial score (nSPS) is 22.2. The molecule has 0 bridgehead atoms. The van der Waals surface area contributed by atoms with Crippen LogP contribution in [0.4, 0.5) is 5.13 Å². The van der Waals surface area contributed by atoms with Gasteiger partial charge < -0.3 is 9.64 Å². The molecule has 2 heterocycles. The van der Waals surface area contributed by atoms with Crippen LogP contribution in [0.5, 0.6) is 0 Å². The molecule has 0 amide bonds. The molecule has 0 spiro atoms. The first-order valence-electron chi connectivity index (χ1n) is 4.19. The zero-order valence-electron chi connectivity index (χ0n) is 7.36. The Morgan fingerprint density at radius 1 is 1.77 bits per heavy atom. The number of hydrogen-bond acceptors (Lipinski definition) is 4. The summed E-state index contributed by atoms with van der Waals surface area (Å²) in [6, 6.07) is 0.460. The highest BCUT2D eigenvalue weighted by molar-refractivity contribution is 7.14. The second-order valence-corrected chi connectivity index (χ2v) is 4.30. The molecule has 1 aromatic heterocycles. The van der Waals surface area contributed by atoms with Gasteiger partial charge in [0.15, 0.2) is 5.13 Å². The van der Waals surface area contributed by atoms with Gasteiger partial charge in [0.05, 0.1) is 12.6 Å². The van der Waals surface area contributed by atoms with E-state index in [1.54, 1.807) is 11.3 Å². The first-order valence-corrected chi connectivity index (χ1v) is 5.45. The molecule has 0 N–H and O–H groups in total. The fraction of sp³-hybridized carbons (Fsp3) is 0.625. The zero-order chi connectivity index (χ0) is 9.26. The lowest BCUT2D eigenvalue weighted by Gasteiger charge is -2.21. The van der Waals surface area contributed by atoms with Crippen molar-refractivity contribution in [2.45, 2.75) is 12.5 Å². The highest BCUT2D eigenvalue weighted by Gasteiger charge is 2.22. The number of ether oxygens (including phenoxy) is 1. The third-order valence-electron chi connectivity index (χ3n) is 2.22. The maximum atomic E-state index is 5.75. The Morgan fingerprint density at radius 2 is 2.62 bits per heavy atom. The van der Waals surface area contributed by atoms with Crippen LogP contribution in [-0.2, 0) is 4.74 Å². The zero-order valence-corrected chi connectivity index (χ0v) is 8.94. The summed E-state index contributed by atoms with van der Waals surface area (Å²) in [6.45, 7) is 1.65. The summed E-state index contributed by atoms with van der Waals surface area (Å²) in [4.78, 5) is 6.35. The molecule has 0 aliphatic carbocycles. The van der Waals surface area contributed by atoms with Gasteiger partial charge in [-0.15, -0.1) is 11.3 Å². The SMILES string of the molecule is CN(c1nc(Cl)cs1)C1CCOC1. The Hall–Kier alpha value is -0.320. The first-order chi connectivity index (χ1) is 6.27. The van der Waals surface area contributed by atoms with Gasteiger partial charge in [0.2, 0.25) is 0 Å². The van der Waals surface area contributed by atoms with E-state index in [0.29, 0.717) is 11.2 Å². The van der Waals surface area contributed by atoms with Crippen LogP contribution in [0.15, 0.2) is 5.38 Å². The second-order valence-electron chi connectivity index (χ2n) is 3.08. The molecule has 1 aliphatic rings. The van der Waals surface area contributed by atoms with Gasteiger partial charge in [0.1, 0.15) is 5.15 Å². The molecule has 13 heavy (non-hydrogen) atoms. The number of likely N-dealkylation sites (N-methyl/N-ethyl adjacent to an activating group) is 1. The van der Waals surface area contributed by atoms with E-state index in [1.807, 2.05) is 12.4 Å². The van der Waals surface area contributed by atoms with Crippen LogP contribution in [0.2, 0.25) is 5.15 Å². The van der Waals surface area contributed by atoms with E-state index in [0.717, 1.165) is 24.8 Å². The number of anilines is 1. The first kappa shape index (κ1) is 9.24. The monoisotopic (exact) mass is 218 g/mol. The van der Waals surface area contributed by atoms with Crippen molar-refractivity contribution in [3.05, 3.63) is 10.5 Å². The van der Waals surface area contributed by atoms with Crippen LogP contribution in [-0.4, -0.2) is 31.3 Å². The summed E-state index contributed by atoms with van der Waals surface area (Å²) < 4.78 is 5.31. The van der Waals surface area contributed by atoms with Gasteiger partial charge in [0.25, 0.3) is 0 Å². The molecule has 2 rings (SSSR count). The van der Waals surface area contributed by atoms with E-state index < -0.39 is 0 Å². The molecule has 1 aromatic rings. The summed E-state index contributed by atoms with van der Waals surface area (Å²) in [5.74, 6) is 0. The van der Waals surface area contributed by atoms with Crippen molar-refractivity contribution in [2.75, 3.05) is 25.2 Å². The van der Waals surface area contributed by atoms with E-state index >= 15 is 0 Å². The Balaban J connectivity index is 2.07. The van der Waals surface area contributed by atoms with Crippen LogP contribution >= 0.6 is 22.9 Å². The summed E-state index contributed by atoms with van der Waals surface area (Å²) in [5.41, 5.74) is 0. The molecule has 72 valence electrons. The smallest absolute Gasteiger partial charge is 0.186 e. The van der Waals surface area contributed by atoms with Crippen molar-refractivity contribution in [1.29, 1.82) is 0 Å². The molecule has 1 unspecified atom stereocenters. The molecular weight excluding hydrogens is 208 g/mol. The van der Waals surface area contributed by atoms with Crippen molar-refractivity contribution in [3.63, 3.8) is 0 Å². The van der Waals surface area contributed by atoms with E-state index in [1.165, 1.54) is 0 Å². The number of aromatic nitrogens is 1. The molecule has 1 atom stereocenters. The summed E-state index contributed by atoms with van der Waals surface area (Å²) >= 11 is 7.32. The van der Waals surface area contributed by atoms with Gasteiger partial charge in [-0.1, -0.05) is 11.6 Å². The minimum atomic E-state index is 0.460. The van der Waals surface area contributed by atoms with E-state index in [-0.39, 0.29) is 0 Å². The molecule has 5 heteroatoms.